The van der Waals surface area contributed by atoms with Crippen molar-refractivity contribution >= 4 is 5.97 Å². The molecule has 0 heterocycles. The summed E-state index contributed by atoms with van der Waals surface area (Å²) in [5.41, 5.74) is 0.882. The fraction of sp³-hybridized carbons (Fsp3) is 0.188. The zero-order valence-corrected chi connectivity index (χ0v) is 10.7. The Morgan fingerprint density at radius 3 is 3.00 bits per heavy atom. The minimum absolute atomic E-state index is 0.219. The maximum atomic E-state index is 11.0. The first kappa shape index (κ1) is 13.1. The van der Waals surface area contributed by atoms with Crippen LogP contribution in [0.15, 0.2) is 60.9 Å². The van der Waals surface area contributed by atoms with Crippen molar-refractivity contribution in [3.05, 3.63) is 66.5 Å². The molecule has 1 aliphatic carbocycles. The van der Waals surface area contributed by atoms with Gasteiger partial charge in [-0.1, -0.05) is 24.8 Å². The van der Waals surface area contributed by atoms with E-state index in [4.69, 9.17) is 9.47 Å². The summed E-state index contributed by atoms with van der Waals surface area (Å²) in [7, 11) is 0. The molecule has 1 aromatic carbocycles. The van der Waals surface area contributed by atoms with E-state index in [1.54, 1.807) is 0 Å². The van der Waals surface area contributed by atoms with Crippen molar-refractivity contribution in [3.63, 3.8) is 0 Å². The van der Waals surface area contributed by atoms with Crippen LogP contribution in [0.25, 0.3) is 0 Å². The quantitative estimate of drug-likeness (QED) is 0.597. The van der Waals surface area contributed by atoms with Gasteiger partial charge in [0.1, 0.15) is 18.1 Å². The second-order valence-electron chi connectivity index (χ2n) is 4.15. The Balaban J connectivity index is 1.98. The van der Waals surface area contributed by atoms with Gasteiger partial charge < -0.3 is 9.47 Å². The zero-order valence-electron chi connectivity index (χ0n) is 10.7. The summed E-state index contributed by atoms with van der Waals surface area (Å²) in [6.07, 6.45) is 9.33. The van der Waals surface area contributed by atoms with Crippen LogP contribution in [-0.4, -0.2) is 5.97 Å². The van der Waals surface area contributed by atoms with Gasteiger partial charge in [0, 0.05) is 6.08 Å². The molecular formula is C16H16O3. The molecule has 0 radical (unpaired) electrons. The van der Waals surface area contributed by atoms with Crippen molar-refractivity contribution in [2.45, 2.75) is 19.4 Å². The van der Waals surface area contributed by atoms with Gasteiger partial charge in [-0.05, 0) is 42.7 Å². The van der Waals surface area contributed by atoms with Crippen LogP contribution in [0.4, 0.5) is 0 Å². The number of ether oxygens (including phenoxy) is 2. The van der Waals surface area contributed by atoms with E-state index < -0.39 is 5.97 Å². The molecule has 98 valence electrons. The Morgan fingerprint density at radius 2 is 2.26 bits per heavy atom. The summed E-state index contributed by atoms with van der Waals surface area (Å²) in [6, 6.07) is 7.50. The van der Waals surface area contributed by atoms with Crippen LogP contribution in [0.3, 0.4) is 0 Å². The Morgan fingerprint density at radius 1 is 1.37 bits per heavy atom. The van der Waals surface area contributed by atoms with Gasteiger partial charge in [-0.15, -0.1) is 0 Å². The Bertz CT molecular complexity index is 527. The normalized spacial score (nSPS) is 13.6. The molecular weight excluding hydrogens is 240 g/mol. The lowest BCUT2D eigenvalue weighted by Gasteiger charge is -2.10. The highest BCUT2D eigenvalue weighted by atomic mass is 16.5. The molecule has 0 unspecified atom stereocenters. The van der Waals surface area contributed by atoms with Gasteiger partial charge in [0.15, 0.2) is 0 Å². The van der Waals surface area contributed by atoms with E-state index in [-0.39, 0.29) is 6.61 Å². The molecule has 3 heteroatoms. The van der Waals surface area contributed by atoms with Gasteiger partial charge in [0.25, 0.3) is 0 Å². The highest BCUT2D eigenvalue weighted by Gasteiger charge is 2.03. The molecule has 1 aliphatic rings. The van der Waals surface area contributed by atoms with Gasteiger partial charge in [0.2, 0.25) is 0 Å². The van der Waals surface area contributed by atoms with Crippen molar-refractivity contribution in [2.75, 3.05) is 0 Å². The first-order valence-corrected chi connectivity index (χ1v) is 6.20. The van der Waals surface area contributed by atoms with Crippen LogP contribution >= 0.6 is 0 Å². The molecule has 1 aromatic rings. The molecule has 0 amide bonds. The highest BCUT2D eigenvalue weighted by molar-refractivity contribution is 5.81. The van der Waals surface area contributed by atoms with E-state index in [1.165, 1.54) is 0 Å². The van der Waals surface area contributed by atoms with Crippen LogP contribution in [-0.2, 0) is 16.1 Å². The third-order valence-corrected chi connectivity index (χ3v) is 2.64. The van der Waals surface area contributed by atoms with E-state index in [0.717, 1.165) is 36.0 Å². The number of hydrogen-bond donors (Lipinski definition) is 0. The van der Waals surface area contributed by atoms with E-state index >= 15 is 0 Å². The van der Waals surface area contributed by atoms with Crippen LogP contribution in [0, 0.1) is 0 Å². The van der Waals surface area contributed by atoms with Crippen molar-refractivity contribution in [1.29, 1.82) is 0 Å². The molecule has 0 aliphatic heterocycles. The Kier molecular flexibility index (Phi) is 4.56. The van der Waals surface area contributed by atoms with Crippen molar-refractivity contribution < 1.29 is 14.3 Å². The average Bonchev–Trinajstić information content (AvgIpc) is 2.46. The van der Waals surface area contributed by atoms with Crippen LogP contribution < -0.4 is 4.74 Å². The van der Waals surface area contributed by atoms with Gasteiger partial charge in [-0.2, -0.15) is 0 Å². The number of hydrogen-bond acceptors (Lipinski definition) is 3. The number of carbonyl (C=O) groups is 1. The molecule has 19 heavy (non-hydrogen) atoms. The van der Waals surface area contributed by atoms with E-state index in [9.17, 15) is 4.79 Å². The number of carbonyl (C=O) groups excluding carboxylic acids is 1. The van der Waals surface area contributed by atoms with Crippen LogP contribution in [0.2, 0.25) is 0 Å². The SMILES string of the molecule is C=CC(=O)OCc1cccc(OC2=CCCC=C2)c1. The van der Waals surface area contributed by atoms with Crippen molar-refractivity contribution in [2.24, 2.45) is 0 Å². The summed E-state index contributed by atoms with van der Waals surface area (Å²) >= 11 is 0. The summed E-state index contributed by atoms with van der Waals surface area (Å²) in [5, 5.41) is 0. The minimum Gasteiger partial charge on any atom is -0.458 e. The number of allylic oxidation sites excluding steroid dienone is 3. The predicted molar refractivity (Wildman–Crippen MR) is 73.5 cm³/mol. The topological polar surface area (TPSA) is 35.5 Å². The molecule has 0 atom stereocenters. The number of rotatable bonds is 5. The van der Waals surface area contributed by atoms with E-state index in [1.807, 2.05) is 30.3 Å². The zero-order chi connectivity index (χ0) is 13.5. The first-order chi connectivity index (χ1) is 9.28. The summed E-state index contributed by atoms with van der Waals surface area (Å²) in [4.78, 5) is 11.0. The molecule has 0 bridgehead atoms. The maximum absolute atomic E-state index is 11.0. The molecule has 3 nitrogen and oxygen atoms in total. The molecule has 0 fully saturated rings. The van der Waals surface area contributed by atoms with E-state index in [2.05, 4.69) is 18.7 Å². The molecule has 0 saturated heterocycles. The Labute approximate surface area is 112 Å². The lowest BCUT2D eigenvalue weighted by Crippen LogP contribution is -2.01. The molecule has 2 rings (SSSR count). The van der Waals surface area contributed by atoms with Gasteiger partial charge >= 0.3 is 5.97 Å². The van der Waals surface area contributed by atoms with Gasteiger partial charge in [0.05, 0.1) is 0 Å². The maximum Gasteiger partial charge on any atom is 0.330 e. The third-order valence-electron chi connectivity index (χ3n) is 2.64. The lowest BCUT2D eigenvalue weighted by molar-refractivity contribution is -0.138. The van der Waals surface area contributed by atoms with Crippen LogP contribution in [0.1, 0.15) is 18.4 Å². The molecule has 0 saturated carbocycles. The molecule has 0 spiro atoms. The predicted octanol–water partition coefficient (Wildman–Crippen LogP) is 3.53. The minimum atomic E-state index is -0.427. The largest absolute Gasteiger partial charge is 0.458 e. The third kappa shape index (κ3) is 4.14. The second-order valence-corrected chi connectivity index (χ2v) is 4.15. The smallest absolute Gasteiger partial charge is 0.330 e. The lowest BCUT2D eigenvalue weighted by atomic mass is 10.2. The van der Waals surface area contributed by atoms with Gasteiger partial charge in [-0.25, -0.2) is 4.79 Å². The fourth-order valence-electron chi connectivity index (χ4n) is 1.71. The van der Waals surface area contributed by atoms with Crippen molar-refractivity contribution in [3.8, 4) is 5.75 Å². The standard InChI is InChI=1S/C16H16O3/c1-2-16(17)18-12-13-7-6-10-15(11-13)19-14-8-4-3-5-9-14/h2,4,6-11H,1,3,5,12H2. The number of esters is 1. The monoisotopic (exact) mass is 256 g/mol. The van der Waals surface area contributed by atoms with E-state index in [0.29, 0.717) is 0 Å². The fourth-order valence-corrected chi connectivity index (χ4v) is 1.71. The van der Waals surface area contributed by atoms with Crippen LogP contribution in [0.5, 0.6) is 5.75 Å². The Hall–Kier alpha value is -2.29. The van der Waals surface area contributed by atoms with Crippen molar-refractivity contribution in [1.82, 2.24) is 0 Å². The summed E-state index contributed by atoms with van der Waals surface area (Å²) in [6.45, 7) is 3.57. The molecule has 0 aromatic heterocycles. The average molecular weight is 256 g/mol. The summed E-state index contributed by atoms with van der Waals surface area (Å²) < 4.78 is 10.7. The second kappa shape index (κ2) is 6.59. The van der Waals surface area contributed by atoms with Gasteiger partial charge in [-0.3, -0.25) is 0 Å². The highest BCUT2D eigenvalue weighted by Crippen LogP contribution is 2.19. The number of benzene rings is 1. The first-order valence-electron chi connectivity index (χ1n) is 6.20. The molecule has 0 N–H and O–H groups in total. The summed E-state index contributed by atoms with van der Waals surface area (Å²) in [5.74, 6) is 1.17.